The van der Waals surface area contributed by atoms with Crippen molar-refractivity contribution in [3.05, 3.63) is 106 Å². The number of halogens is 1. The van der Waals surface area contributed by atoms with Crippen LogP contribution in [0.1, 0.15) is 47.2 Å². The highest BCUT2D eigenvalue weighted by Gasteiger charge is 2.35. The monoisotopic (exact) mass is 580 g/mol. The molecule has 2 aromatic heterocycles. The first kappa shape index (κ1) is 30.0. The largest absolute Gasteiger partial charge is 0.325 e. The molecule has 2 aromatic carbocycles. The minimum absolute atomic E-state index is 0.173. The van der Waals surface area contributed by atoms with Gasteiger partial charge in [-0.25, -0.2) is 9.37 Å². The summed E-state index contributed by atoms with van der Waals surface area (Å²) in [6.07, 6.45) is 1.99. The van der Waals surface area contributed by atoms with E-state index in [0.717, 1.165) is 17.4 Å². The molecule has 4 aromatic rings. The predicted molar refractivity (Wildman–Crippen MR) is 155 cm³/mol. The minimum Gasteiger partial charge on any atom is -0.325 e. The van der Waals surface area contributed by atoms with Crippen LogP contribution < -0.4 is 5.56 Å². The number of rotatable bonds is 11. The van der Waals surface area contributed by atoms with E-state index in [1.54, 1.807) is 30.3 Å². The third kappa shape index (κ3) is 7.42. The zero-order valence-electron chi connectivity index (χ0n) is 23.4. The lowest BCUT2D eigenvalue weighted by atomic mass is 9.98. The van der Waals surface area contributed by atoms with Gasteiger partial charge in [0.2, 0.25) is 0 Å². The molecule has 9 nitrogen and oxygen atoms in total. The average Bonchev–Trinajstić information content (AvgIpc) is 2.93. The van der Waals surface area contributed by atoms with E-state index in [2.05, 4.69) is 4.98 Å². The van der Waals surface area contributed by atoms with E-state index >= 15 is 4.39 Å². The molecule has 0 aliphatic rings. The van der Waals surface area contributed by atoms with Gasteiger partial charge in [-0.2, -0.15) is 8.42 Å². The SMILES string of the molecule is Cc1ccc(C(=O)N(C[C@@H](F)COS(C)(=O)=O)[C@@H](c2nc3cnccc3c(=O)n2Cc2ccccc2)C(C)C)cc1. The zero-order chi connectivity index (χ0) is 29.7. The topological polar surface area (TPSA) is 111 Å². The number of aryl methyl sites for hydroxylation is 1. The van der Waals surface area contributed by atoms with Gasteiger partial charge >= 0.3 is 0 Å². The van der Waals surface area contributed by atoms with Crippen molar-refractivity contribution >= 4 is 26.9 Å². The Morgan fingerprint density at radius 2 is 1.76 bits per heavy atom. The lowest BCUT2D eigenvalue weighted by molar-refractivity contribution is 0.0487. The number of benzene rings is 2. The summed E-state index contributed by atoms with van der Waals surface area (Å²) in [6, 6.07) is 16.9. The summed E-state index contributed by atoms with van der Waals surface area (Å²) < 4.78 is 44.6. The molecule has 0 bridgehead atoms. The molecule has 41 heavy (non-hydrogen) atoms. The predicted octanol–water partition coefficient (Wildman–Crippen LogP) is 4.30. The molecule has 2 heterocycles. The average molecular weight is 581 g/mol. The number of hydrogen-bond donors (Lipinski definition) is 0. The van der Waals surface area contributed by atoms with Gasteiger partial charge in [-0.1, -0.05) is 61.9 Å². The van der Waals surface area contributed by atoms with Gasteiger partial charge in [0.25, 0.3) is 21.6 Å². The molecule has 0 spiro atoms. The van der Waals surface area contributed by atoms with E-state index in [4.69, 9.17) is 9.17 Å². The fraction of sp³-hybridized carbons (Fsp3) is 0.333. The van der Waals surface area contributed by atoms with Crippen LogP contribution >= 0.6 is 0 Å². The summed E-state index contributed by atoms with van der Waals surface area (Å²) >= 11 is 0. The summed E-state index contributed by atoms with van der Waals surface area (Å²) in [5.41, 5.74) is 2.13. The van der Waals surface area contributed by atoms with Crippen LogP contribution in [0.15, 0.2) is 77.9 Å². The molecule has 11 heteroatoms. The molecule has 0 aliphatic carbocycles. The molecule has 0 saturated heterocycles. The number of nitrogens with zero attached hydrogens (tertiary/aromatic N) is 4. The number of carbonyl (C=O) groups is 1. The molecule has 0 saturated carbocycles. The van der Waals surface area contributed by atoms with E-state index in [9.17, 15) is 18.0 Å². The summed E-state index contributed by atoms with van der Waals surface area (Å²) in [7, 11) is -3.90. The number of pyridine rings is 1. The maximum atomic E-state index is 15.4. The maximum Gasteiger partial charge on any atom is 0.264 e. The van der Waals surface area contributed by atoms with Gasteiger partial charge < -0.3 is 4.90 Å². The number of alkyl halides is 1. The van der Waals surface area contributed by atoms with Crippen LogP contribution in [-0.2, 0) is 20.8 Å². The number of hydrogen-bond acceptors (Lipinski definition) is 7. The second-order valence-corrected chi connectivity index (χ2v) is 12.0. The molecular weight excluding hydrogens is 547 g/mol. The van der Waals surface area contributed by atoms with Crippen LogP contribution in [-0.4, -0.2) is 59.3 Å². The first-order chi connectivity index (χ1) is 19.4. The summed E-state index contributed by atoms with van der Waals surface area (Å²) in [5.74, 6) is -0.543. The van der Waals surface area contributed by atoms with Crippen molar-refractivity contribution in [3.8, 4) is 0 Å². The lowest BCUT2D eigenvalue weighted by Crippen LogP contribution is -2.45. The van der Waals surface area contributed by atoms with Crippen LogP contribution in [0.3, 0.4) is 0 Å². The lowest BCUT2D eigenvalue weighted by Gasteiger charge is -2.36. The molecule has 0 unspecified atom stereocenters. The highest BCUT2D eigenvalue weighted by molar-refractivity contribution is 7.85. The highest BCUT2D eigenvalue weighted by Crippen LogP contribution is 2.30. The first-order valence-electron chi connectivity index (χ1n) is 13.2. The smallest absolute Gasteiger partial charge is 0.264 e. The molecule has 0 aliphatic heterocycles. The Bertz CT molecular complexity index is 1680. The Hall–Kier alpha value is -3.96. The molecule has 0 radical (unpaired) electrons. The Labute approximate surface area is 238 Å². The van der Waals surface area contributed by atoms with E-state index in [-0.39, 0.29) is 23.8 Å². The normalized spacial score (nSPS) is 13.3. The third-order valence-electron chi connectivity index (χ3n) is 6.62. The van der Waals surface area contributed by atoms with Gasteiger partial charge in [0.15, 0.2) is 0 Å². The fourth-order valence-electron chi connectivity index (χ4n) is 4.68. The van der Waals surface area contributed by atoms with Crippen LogP contribution in [0.4, 0.5) is 4.39 Å². The molecule has 1 amide bonds. The summed E-state index contributed by atoms with van der Waals surface area (Å²) in [5, 5.41) is 0.364. The zero-order valence-corrected chi connectivity index (χ0v) is 24.2. The van der Waals surface area contributed by atoms with E-state index in [0.29, 0.717) is 16.5 Å². The molecular formula is C30H33FN4O5S. The Morgan fingerprint density at radius 3 is 2.39 bits per heavy atom. The van der Waals surface area contributed by atoms with Crippen LogP contribution in [0.5, 0.6) is 0 Å². The van der Waals surface area contributed by atoms with Crippen LogP contribution in [0, 0.1) is 12.8 Å². The Kier molecular flexibility index (Phi) is 9.29. The van der Waals surface area contributed by atoms with Crippen LogP contribution in [0.25, 0.3) is 10.9 Å². The van der Waals surface area contributed by atoms with Crippen molar-refractivity contribution in [3.63, 3.8) is 0 Å². The summed E-state index contributed by atoms with van der Waals surface area (Å²) in [6.45, 7) is 4.52. The third-order valence-corrected chi connectivity index (χ3v) is 7.18. The Balaban J connectivity index is 1.89. The molecule has 0 N–H and O–H groups in total. The van der Waals surface area contributed by atoms with Crippen molar-refractivity contribution in [2.24, 2.45) is 5.92 Å². The maximum absolute atomic E-state index is 15.4. The van der Waals surface area contributed by atoms with E-state index < -0.39 is 41.4 Å². The first-order valence-corrected chi connectivity index (χ1v) is 15.0. The molecule has 4 rings (SSSR count). The second kappa shape index (κ2) is 12.7. The van der Waals surface area contributed by atoms with Gasteiger partial charge in [0, 0.05) is 11.8 Å². The van der Waals surface area contributed by atoms with E-state index in [1.165, 1.54) is 21.9 Å². The molecule has 0 fully saturated rings. The minimum atomic E-state index is -3.90. The van der Waals surface area contributed by atoms with Crippen molar-refractivity contribution < 1.29 is 21.8 Å². The van der Waals surface area contributed by atoms with Crippen LogP contribution in [0.2, 0.25) is 0 Å². The van der Waals surface area contributed by atoms with Gasteiger partial charge in [-0.05, 0) is 36.6 Å². The molecule has 2 atom stereocenters. The number of amides is 1. The van der Waals surface area contributed by atoms with Gasteiger partial charge in [-0.15, -0.1) is 0 Å². The van der Waals surface area contributed by atoms with Crippen molar-refractivity contribution in [1.29, 1.82) is 0 Å². The quantitative estimate of drug-likeness (QED) is 0.243. The van der Waals surface area contributed by atoms with E-state index in [1.807, 2.05) is 51.1 Å². The van der Waals surface area contributed by atoms with Crippen molar-refractivity contribution in [2.45, 2.75) is 39.5 Å². The second-order valence-electron chi connectivity index (χ2n) is 10.3. The van der Waals surface area contributed by atoms with Gasteiger partial charge in [0.1, 0.15) is 12.0 Å². The molecule has 216 valence electrons. The van der Waals surface area contributed by atoms with Crippen molar-refractivity contribution in [2.75, 3.05) is 19.4 Å². The standard InChI is InChI=1S/C30H33FN4O5S/c1-20(2)27(34(18-24(31)19-40-41(4,38)39)29(36)23-12-10-21(3)11-13-23)28-33-26-16-32-15-14-25(26)30(37)35(28)17-22-8-6-5-7-9-22/h5-16,20,24,27H,17-19H2,1-4H3/t24-,27-/m1/s1. The van der Waals surface area contributed by atoms with Gasteiger partial charge in [-0.3, -0.25) is 23.3 Å². The van der Waals surface area contributed by atoms with Gasteiger partial charge in [0.05, 0.1) is 49.1 Å². The van der Waals surface area contributed by atoms with Crippen molar-refractivity contribution in [1.82, 2.24) is 19.4 Å². The summed E-state index contributed by atoms with van der Waals surface area (Å²) in [4.78, 5) is 38.1. The number of aromatic nitrogens is 3. The highest BCUT2D eigenvalue weighted by atomic mass is 32.2. The number of fused-ring (bicyclic) bond motifs is 1. The fourth-order valence-corrected chi connectivity index (χ4v) is 5.07. The Morgan fingerprint density at radius 1 is 1.07 bits per heavy atom. The number of carbonyl (C=O) groups excluding carboxylic acids is 1.